The maximum Gasteiger partial charge on any atom is 0.221 e. The van der Waals surface area contributed by atoms with Crippen LogP contribution in [0.1, 0.15) is 32.1 Å². The number of halogens is 1. The fraction of sp³-hybridized carbons (Fsp3) is 0.714. The lowest BCUT2D eigenvalue weighted by Gasteiger charge is -2.28. The predicted octanol–water partition coefficient (Wildman–Crippen LogP) is 2.13. The van der Waals surface area contributed by atoms with Crippen molar-refractivity contribution in [1.82, 2.24) is 10.2 Å². The van der Waals surface area contributed by atoms with Crippen LogP contribution in [-0.2, 0) is 0 Å². The molecule has 0 unspecified atom stereocenters. The van der Waals surface area contributed by atoms with Crippen LogP contribution in [0.15, 0.2) is 22.3 Å². The normalized spacial score (nSPS) is 23.5. The second kappa shape index (κ2) is 8.04. The predicted molar refractivity (Wildman–Crippen MR) is 77.5 cm³/mol. The highest BCUT2D eigenvalue weighted by molar-refractivity contribution is 5.89. The van der Waals surface area contributed by atoms with Gasteiger partial charge in [-0.15, -0.1) is 0 Å². The molecule has 0 atom stereocenters. The van der Waals surface area contributed by atoms with E-state index in [0.717, 1.165) is 45.4 Å². The molecule has 1 N–H and O–H groups in total. The fourth-order valence-electron chi connectivity index (χ4n) is 2.28. The molecule has 1 saturated heterocycles. The number of likely N-dealkylation sites (tertiary alicyclic amines) is 1. The summed E-state index contributed by atoms with van der Waals surface area (Å²) in [6.07, 6.45) is 9.61. The molecule has 0 aromatic carbocycles. The highest BCUT2D eigenvalue weighted by Gasteiger charge is 2.17. The van der Waals surface area contributed by atoms with Gasteiger partial charge >= 0.3 is 0 Å². The van der Waals surface area contributed by atoms with Gasteiger partial charge in [0.25, 0.3) is 0 Å². The number of guanidine groups is 1. The van der Waals surface area contributed by atoms with Crippen LogP contribution in [0.2, 0.25) is 0 Å². The summed E-state index contributed by atoms with van der Waals surface area (Å²) in [7, 11) is 0. The summed E-state index contributed by atoms with van der Waals surface area (Å²) >= 11 is 0. The van der Waals surface area contributed by atoms with Crippen molar-refractivity contribution in [2.24, 2.45) is 9.98 Å². The minimum atomic E-state index is -0.574. The first-order valence-electron chi connectivity index (χ1n) is 7.19. The van der Waals surface area contributed by atoms with E-state index >= 15 is 0 Å². The number of alkyl halides is 1. The minimum Gasteiger partial charge on any atom is -0.331 e. The van der Waals surface area contributed by atoms with Gasteiger partial charge < -0.3 is 10.2 Å². The fourth-order valence-corrected chi connectivity index (χ4v) is 2.28. The van der Waals surface area contributed by atoms with E-state index in [2.05, 4.69) is 20.2 Å². The summed E-state index contributed by atoms with van der Waals surface area (Å²) in [5, 5.41) is 3.05. The lowest BCUT2D eigenvalue weighted by Crippen LogP contribution is -2.35. The standard InChI is InChI=1S/C14H23FN4/c15-13-5-11-19(12-6-13)10-4-3-9-18-14-16-7-1-2-8-17-14/h1,7-8,13H,2-6,9-12H2,(H,16,18). The monoisotopic (exact) mass is 266 g/mol. The second-order valence-electron chi connectivity index (χ2n) is 5.02. The third-order valence-corrected chi connectivity index (χ3v) is 3.45. The number of allylic oxidation sites excluding steroid dienone is 1. The summed E-state index contributed by atoms with van der Waals surface area (Å²) in [6.45, 7) is 3.68. The zero-order valence-electron chi connectivity index (χ0n) is 11.4. The van der Waals surface area contributed by atoms with E-state index in [1.165, 1.54) is 0 Å². The zero-order valence-corrected chi connectivity index (χ0v) is 11.4. The van der Waals surface area contributed by atoms with Gasteiger partial charge in [0.05, 0.1) is 0 Å². The number of hydrogen-bond acceptors (Lipinski definition) is 2. The van der Waals surface area contributed by atoms with Crippen molar-refractivity contribution in [3.05, 3.63) is 12.3 Å². The number of nitrogens with one attached hydrogen (secondary N) is 1. The van der Waals surface area contributed by atoms with Gasteiger partial charge in [0.2, 0.25) is 5.96 Å². The Morgan fingerprint density at radius 3 is 3.05 bits per heavy atom. The first kappa shape index (κ1) is 14.2. The molecule has 0 saturated carbocycles. The van der Waals surface area contributed by atoms with Crippen LogP contribution in [0.4, 0.5) is 4.39 Å². The first-order chi connectivity index (χ1) is 9.34. The Balaban J connectivity index is 1.56. The maximum atomic E-state index is 13.0. The molecule has 0 amide bonds. The van der Waals surface area contributed by atoms with E-state index < -0.39 is 6.17 Å². The second-order valence-corrected chi connectivity index (χ2v) is 5.02. The third-order valence-electron chi connectivity index (χ3n) is 3.45. The number of hydrogen-bond donors (Lipinski definition) is 1. The van der Waals surface area contributed by atoms with Crippen molar-refractivity contribution < 1.29 is 4.39 Å². The van der Waals surface area contributed by atoms with Gasteiger partial charge in [-0.25, -0.2) is 9.38 Å². The summed E-state index contributed by atoms with van der Waals surface area (Å²) in [5.41, 5.74) is 0. The van der Waals surface area contributed by atoms with Crippen molar-refractivity contribution in [2.45, 2.75) is 38.3 Å². The molecular formula is C14H23FN4. The Morgan fingerprint density at radius 2 is 2.21 bits per heavy atom. The summed E-state index contributed by atoms with van der Waals surface area (Å²) in [4.78, 5) is 11.0. The molecule has 0 spiro atoms. The molecule has 0 aromatic rings. The molecule has 2 aliphatic heterocycles. The Bertz CT molecular complexity index is 343. The highest BCUT2D eigenvalue weighted by atomic mass is 19.1. The van der Waals surface area contributed by atoms with Crippen molar-refractivity contribution >= 4 is 12.2 Å². The van der Waals surface area contributed by atoms with Crippen molar-refractivity contribution in [3.63, 3.8) is 0 Å². The summed E-state index contributed by atoms with van der Waals surface area (Å²) in [5.74, 6) is 0.701. The summed E-state index contributed by atoms with van der Waals surface area (Å²) in [6, 6.07) is 0. The van der Waals surface area contributed by atoms with Crippen molar-refractivity contribution in [1.29, 1.82) is 0 Å². The molecule has 2 aliphatic rings. The molecule has 0 bridgehead atoms. The van der Waals surface area contributed by atoms with E-state index in [0.29, 0.717) is 18.8 Å². The molecule has 0 aromatic heterocycles. The maximum absolute atomic E-state index is 13.0. The summed E-state index contributed by atoms with van der Waals surface area (Å²) < 4.78 is 13.0. The van der Waals surface area contributed by atoms with E-state index in [-0.39, 0.29) is 0 Å². The van der Waals surface area contributed by atoms with Crippen LogP contribution in [0.25, 0.3) is 0 Å². The van der Waals surface area contributed by atoms with Crippen LogP contribution in [0.5, 0.6) is 0 Å². The minimum absolute atomic E-state index is 0.574. The van der Waals surface area contributed by atoms with Crippen LogP contribution < -0.4 is 5.32 Å². The zero-order chi connectivity index (χ0) is 13.3. The van der Waals surface area contributed by atoms with Gasteiger partial charge in [0.1, 0.15) is 6.17 Å². The molecular weight excluding hydrogens is 243 g/mol. The van der Waals surface area contributed by atoms with Crippen LogP contribution in [0, 0.1) is 0 Å². The van der Waals surface area contributed by atoms with Gasteiger partial charge in [-0.05, 0) is 32.2 Å². The molecule has 19 heavy (non-hydrogen) atoms. The van der Waals surface area contributed by atoms with Gasteiger partial charge in [-0.1, -0.05) is 6.08 Å². The van der Waals surface area contributed by atoms with E-state index in [1.54, 1.807) is 0 Å². The average Bonchev–Trinajstić information content (AvgIpc) is 2.69. The molecule has 0 aliphatic carbocycles. The number of aliphatic imine (C=N–C) groups is 2. The van der Waals surface area contributed by atoms with E-state index in [9.17, 15) is 4.39 Å². The van der Waals surface area contributed by atoms with Crippen LogP contribution in [-0.4, -0.2) is 49.4 Å². The number of unbranched alkanes of at least 4 members (excludes halogenated alkanes) is 1. The van der Waals surface area contributed by atoms with Crippen molar-refractivity contribution in [3.8, 4) is 0 Å². The average molecular weight is 266 g/mol. The molecule has 5 heteroatoms. The van der Waals surface area contributed by atoms with Crippen LogP contribution >= 0.6 is 0 Å². The Hall–Kier alpha value is -1.23. The first-order valence-corrected chi connectivity index (χ1v) is 7.19. The number of rotatable bonds is 5. The Morgan fingerprint density at radius 1 is 1.37 bits per heavy atom. The molecule has 4 nitrogen and oxygen atoms in total. The van der Waals surface area contributed by atoms with E-state index in [4.69, 9.17) is 0 Å². The molecule has 106 valence electrons. The van der Waals surface area contributed by atoms with Crippen molar-refractivity contribution in [2.75, 3.05) is 26.2 Å². The Kier molecular flexibility index (Phi) is 6.01. The van der Waals surface area contributed by atoms with Gasteiger partial charge in [0.15, 0.2) is 0 Å². The Labute approximate surface area is 114 Å². The van der Waals surface area contributed by atoms with Gasteiger partial charge in [-0.3, -0.25) is 4.99 Å². The highest BCUT2D eigenvalue weighted by Crippen LogP contribution is 2.13. The van der Waals surface area contributed by atoms with Crippen LogP contribution in [0.3, 0.4) is 0 Å². The largest absolute Gasteiger partial charge is 0.331 e. The molecule has 2 rings (SSSR count). The van der Waals surface area contributed by atoms with Gasteiger partial charge in [0, 0.05) is 38.5 Å². The third kappa shape index (κ3) is 5.51. The van der Waals surface area contributed by atoms with Gasteiger partial charge in [-0.2, -0.15) is 0 Å². The molecule has 0 radical (unpaired) electrons. The topological polar surface area (TPSA) is 40.0 Å². The number of piperidine rings is 1. The SMILES string of the molecule is FC1CCN(CCCCN=C2N=CCC=CN2)CC1. The lowest BCUT2D eigenvalue weighted by molar-refractivity contribution is 0.149. The van der Waals surface area contributed by atoms with E-state index in [1.807, 2.05) is 18.5 Å². The quantitative estimate of drug-likeness (QED) is 0.774. The number of nitrogens with zero attached hydrogens (tertiary/aromatic N) is 3. The lowest BCUT2D eigenvalue weighted by atomic mass is 10.1. The molecule has 2 heterocycles. The smallest absolute Gasteiger partial charge is 0.221 e. The molecule has 1 fully saturated rings.